The molecule has 0 saturated carbocycles. The molecule has 0 aromatic carbocycles. The van der Waals surface area contributed by atoms with E-state index >= 15 is 0 Å². The molecule has 0 unspecified atom stereocenters. The van der Waals surface area contributed by atoms with Crippen molar-refractivity contribution < 1.29 is 0 Å². The summed E-state index contributed by atoms with van der Waals surface area (Å²) in [5.41, 5.74) is 1.81. The van der Waals surface area contributed by atoms with Gasteiger partial charge in [0.2, 0.25) is 0 Å². The van der Waals surface area contributed by atoms with Gasteiger partial charge in [0.1, 0.15) is 0 Å². The molecular weight excluding hydrogens is 125 g/mol. The topological polar surface area (TPSA) is 0 Å². The first-order valence-corrected chi connectivity index (χ1v) is 2.70. The van der Waals surface area contributed by atoms with Crippen LogP contribution in [-0.2, 0) is 0 Å². The summed E-state index contributed by atoms with van der Waals surface area (Å²) in [7, 11) is 3.11. The third-order valence-corrected chi connectivity index (χ3v) is 1.30. The molecule has 0 spiro atoms. The van der Waals surface area contributed by atoms with E-state index in [9.17, 15) is 0 Å². The van der Waals surface area contributed by atoms with Crippen molar-refractivity contribution in [2.45, 2.75) is 0 Å². The van der Waals surface area contributed by atoms with Gasteiger partial charge in [-0.15, -0.1) is 0 Å². The number of hydrogen-bond donors (Lipinski definition) is 0. The van der Waals surface area contributed by atoms with Crippen molar-refractivity contribution in [2.75, 3.05) is 0 Å². The maximum absolute atomic E-state index is 3.11. The molecule has 0 amide bonds. The van der Waals surface area contributed by atoms with Crippen LogP contribution in [0.3, 0.4) is 0 Å². The summed E-state index contributed by atoms with van der Waals surface area (Å²) in [5.74, 6) is 0. The van der Waals surface area contributed by atoms with E-state index in [0.717, 1.165) is 0 Å². The van der Waals surface area contributed by atoms with E-state index in [1.807, 2.05) is 21.4 Å². The molecule has 0 saturated heterocycles. The maximum atomic E-state index is 3.11. The number of rotatable bonds is 0. The first-order valence-electron chi connectivity index (χ1n) is 0.911. The Morgan fingerprint density at radius 2 is 2.00 bits per heavy atom. The van der Waals surface area contributed by atoms with Crippen molar-refractivity contribution in [3.05, 3.63) is 10.6 Å². The Morgan fingerprint density at radius 1 is 1.75 bits per heavy atom. The Hall–Kier alpha value is 0.500. The zero-order valence-electron chi connectivity index (χ0n) is 2.15. The van der Waals surface area contributed by atoms with Gasteiger partial charge >= 0.3 is 37.4 Å². The molecule has 0 N–H and O–H groups in total. The molecule has 18 valence electrons. The Kier molecular flexibility index (Phi) is 3.94. The summed E-state index contributed by atoms with van der Waals surface area (Å²) in [6, 6.07) is 0. The van der Waals surface area contributed by atoms with Gasteiger partial charge in [0.05, 0.1) is 0 Å². The van der Waals surface area contributed by atoms with Crippen LogP contribution in [0.2, 0.25) is 0 Å². The fourth-order valence-corrected chi connectivity index (χ4v) is 0. The summed E-state index contributed by atoms with van der Waals surface area (Å²) < 4.78 is 0. The van der Waals surface area contributed by atoms with Crippen molar-refractivity contribution in [2.24, 2.45) is 0 Å². The van der Waals surface area contributed by atoms with Crippen LogP contribution >= 0.6 is 0 Å². The Morgan fingerprint density at radius 3 is 2.00 bits per heavy atom. The van der Waals surface area contributed by atoms with Gasteiger partial charge in [-0.2, -0.15) is 0 Å². The van der Waals surface area contributed by atoms with Crippen LogP contribution in [0.1, 0.15) is 0 Å². The number of hydrogen-bond acceptors (Lipinski definition) is 0. The zero-order chi connectivity index (χ0) is 3.41. The van der Waals surface area contributed by atoms with Crippen molar-refractivity contribution in [1.82, 2.24) is 0 Å². The first kappa shape index (κ1) is 4.50. The summed E-state index contributed by atoms with van der Waals surface area (Å²) in [5, 5.41) is 0. The van der Waals surface area contributed by atoms with Crippen LogP contribution in [0.15, 0.2) is 10.6 Å². The summed E-state index contributed by atoms with van der Waals surface area (Å²) in [4.78, 5) is 1.91. The second kappa shape index (κ2) is 3.50. The third-order valence-electron chi connectivity index (χ3n) is 0.0833. The molecule has 0 bridgehead atoms. The van der Waals surface area contributed by atoms with Gasteiger partial charge in [0, 0.05) is 0 Å². The second-order valence-electron chi connectivity index (χ2n) is 0.333. The molecule has 6 radical (unpaired) electrons. The standard InChI is InChI=1S/C2H2GeSi/c3-1-2-4/h1-2H/b2-1-. The summed E-state index contributed by atoms with van der Waals surface area (Å²) in [6.07, 6.45) is 0. The minimum atomic E-state index is 1.81. The van der Waals surface area contributed by atoms with Crippen molar-refractivity contribution in [3.8, 4) is 0 Å². The summed E-state index contributed by atoms with van der Waals surface area (Å²) in [6.45, 7) is 0. The van der Waals surface area contributed by atoms with E-state index in [1.54, 1.807) is 5.70 Å². The molecule has 0 fully saturated rings. The average molecular weight is 127 g/mol. The fraction of sp³-hybridized carbons (Fsp3) is 0. The average Bonchev–Trinajstić information content (AvgIpc) is 1.37. The van der Waals surface area contributed by atoms with Crippen molar-refractivity contribution in [3.63, 3.8) is 0 Å². The van der Waals surface area contributed by atoms with Crippen LogP contribution < -0.4 is 0 Å². The Labute approximate surface area is 37.9 Å². The molecule has 2 heteroatoms. The van der Waals surface area contributed by atoms with Gasteiger partial charge in [0.15, 0.2) is 0 Å². The van der Waals surface area contributed by atoms with Gasteiger partial charge in [0.25, 0.3) is 0 Å². The van der Waals surface area contributed by atoms with Crippen molar-refractivity contribution >= 4 is 26.8 Å². The molecule has 0 aromatic heterocycles. The van der Waals surface area contributed by atoms with Gasteiger partial charge in [-0.25, -0.2) is 0 Å². The van der Waals surface area contributed by atoms with Gasteiger partial charge in [-0.05, 0) is 0 Å². The van der Waals surface area contributed by atoms with E-state index in [0.29, 0.717) is 0 Å². The van der Waals surface area contributed by atoms with E-state index in [4.69, 9.17) is 0 Å². The normalized spacial score (nSPS) is 9.50. The molecule has 0 rings (SSSR count). The van der Waals surface area contributed by atoms with E-state index < -0.39 is 0 Å². The minimum absolute atomic E-state index is 1.81. The van der Waals surface area contributed by atoms with Crippen LogP contribution in [0.25, 0.3) is 0 Å². The molecule has 0 atom stereocenters. The molecule has 4 heavy (non-hydrogen) atoms. The van der Waals surface area contributed by atoms with E-state index in [-0.39, 0.29) is 0 Å². The fourth-order valence-electron chi connectivity index (χ4n) is 0. The van der Waals surface area contributed by atoms with Gasteiger partial charge in [-0.1, -0.05) is 0 Å². The van der Waals surface area contributed by atoms with E-state index in [1.165, 1.54) is 0 Å². The Bertz CT molecular complexity index is 21.2. The molecular formula is C2H2GeSi. The van der Waals surface area contributed by atoms with Crippen LogP contribution in [0, 0.1) is 0 Å². The van der Waals surface area contributed by atoms with Gasteiger partial charge < -0.3 is 0 Å². The monoisotopic (exact) mass is 128 g/mol. The molecule has 0 nitrogen and oxygen atoms in total. The molecule has 0 aliphatic rings. The molecule has 0 aliphatic carbocycles. The third kappa shape index (κ3) is 2.50. The predicted octanol–water partition coefficient (Wildman–Crippen LogP) is -0.205. The van der Waals surface area contributed by atoms with Crippen LogP contribution in [0.4, 0.5) is 0 Å². The van der Waals surface area contributed by atoms with Crippen LogP contribution in [0.5, 0.6) is 0 Å². The SMILES string of the molecule is [Si]/C=[CH]\[Ge]. The Balaban J connectivity index is 2.55. The van der Waals surface area contributed by atoms with Gasteiger partial charge in [-0.3, -0.25) is 0 Å². The first-order chi connectivity index (χ1) is 1.91. The van der Waals surface area contributed by atoms with E-state index in [2.05, 4.69) is 10.2 Å². The molecule has 0 heterocycles. The second-order valence-corrected chi connectivity index (χ2v) is 1.37. The summed E-state index contributed by atoms with van der Waals surface area (Å²) >= 11 is 1.95. The molecule has 0 aliphatic heterocycles. The zero-order valence-corrected chi connectivity index (χ0v) is 5.25. The quantitative estimate of drug-likeness (QED) is 0.395. The van der Waals surface area contributed by atoms with Crippen molar-refractivity contribution in [1.29, 1.82) is 0 Å². The predicted molar refractivity (Wildman–Crippen MR) is 20.6 cm³/mol. The molecule has 0 aromatic rings. The van der Waals surface area contributed by atoms with Crippen LogP contribution in [-0.4, -0.2) is 26.8 Å².